The molecule has 0 aliphatic heterocycles. The maximum atomic E-state index is 6.29. The van der Waals surface area contributed by atoms with Crippen molar-refractivity contribution in [3.8, 4) is 0 Å². The average molecular weight is 491 g/mol. The van der Waals surface area contributed by atoms with Gasteiger partial charge in [-0.25, -0.2) is 0 Å². The van der Waals surface area contributed by atoms with Crippen LogP contribution in [0, 0.1) is 51.8 Å². The zero-order valence-electron chi connectivity index (χ0n) is 19.8. The minimum Gasteiger partial charge on any atom is -0.381 e. The summed E-state index contributed by atoms with van der Waals surface area (Å²) >= 11 is 3.49. The fourth-order valence-corrected chi connectivity index (χ4v) is 10.8. The van der Waals surface area contributed by atoms with Crippen LogP contribution in [-0.2, 0) is 16.5 Å². The van der Waals surface area contributed by atoms with E-state index >= 15 is 0 Å². The first kappa shape index (κ1) is 21.2. The van der Waals surface area contributed by atoms with Crippen molar-refractivity contribution in [3.63, 3.8) is 0 Å². The van der Waals surface area contributed by atoms with Crippen molar-refractivity contribution in [2.75, 3.05) is 7.11 Å². The Hall–Kier alpha value is -0.350. The molecule has 0 N–H and O–H groups in total. The van der Waals surface area contributed by atoms with Gasteiger partial charge in [-0.05, 0) is 104 Å². The molecule has 0 amide bonds. The number of methoxy groups -OCH3 is 1. The second-order valence-electron chi connectivity index (χ2n) is 12.6. The first-order valence-electron chi connectivity index (χ1n) is 12.9. The lowest BCUT2D eigenvalue weighted by Crippen LogP contribution is -2.57. The number of nitrogens with zero attached hydrogens (tertiary/aromatic N) is 1. The van der Waals surface area contributed by atoms with Crippen LogP contribution < -0.4 is 0 Å². The molecular weight excluding hydrogens is 450 g/mol. The van der Waals surface area contributed by atoms with Crippen molar-refractivity contribution in [2.24, 2.45) is 51.8 Å². The highest BCUT2D eigenvalue weighted by Crippen LogP contribution is 2.82. The van der Waals surface area contributed by atoms with Gasteiger partial charge < -0.3 is 9.26 Å². The molecule has 10 atom stereocenters. The summed E-state index contributed by atoms with van der Waals surface area (Å²) in [6.07, 6.45) is 13.0. The number of halogens is 1. The van der Waals surface area contributed by atoms with Crippen molar-refractivity contribution < 1.29 is 9.26 Å². The van der Waals surface area contributed by atoms with E-state index in [1.54, 1.807) is 0 Å². The lowest BCUT2D eigenvalue weighted by Gasteiger charge is -2.61. The fraction of sp³-hybridized carbons (Fsp3) is 0.889. The van der Waals surface area contributed by atoms with Crippen LogP contribution in [0.2, 0.25) is 0 Å². The smallest absolute Gasteiger partial charge is 0.147 e. The molecule has 3 nitrogen and oxygen atoms in total. The largest absolute Gasteiger partial charge is 0.381 e. The monoisotopic (exact) mass is 489 g/mol. The van der Waals surface area contributed by atoms with Gasteiger partial charge in [0.25, 0.3) is 0 Å². The molecule has 5 aliphatic carbocycles. The molecule has 31 heavy (non-hydrogen) atoms. The molecule has 5 saturated carbocycles. The Morgan fingerprint density at radius 1 is 1.19 bits per heavy atom. The van der Waals surface area contributed by atoms with Gasteiger partial charge in [0.1, 0.15) is 5.76 Å². The Labute approximate surface area is 196 Å². The Bertz CT molecular complexity index is 854. The molecule has 1 aromatic rings. The van der Waals surface area contributed by atoms with Gasteiger partial charge in [0.15, 0.2) is 0 Å². The molecule has 1 heterocycles. The van der Waals surface area contributed by atoms with Crippen molar-refractivity contribution in [2.45, 2.75) is 90.0 Å². The molecular formula is C27H40BrNO2. The van der Waals surface area contributed by atoms with E-state index in [4.69, 9.17) is 9.26 Å². The van der Waals surface area contributed by atoms with Gasteiger partial charge in [0, 0.05) is 18.6 Å². The van der Waals surface area contributed by atoms with E-state index in [2.05, 4.69) is 47.9 Å². The average Bonchev–Trinajstić information content (AvgIpc) is 3.01. The van der Waals surface area contributed by atoms with Crippen molar-refractivity contribution >= 4 is 15.9 Å². The molecule has 5 fully saturated rings. The lowest BCUT2D eigenvalue weighted by atomic mass is 9.45. The second-order valence-corrected chi connectivity index (χ2v) is 13.1. The molecule has 1 aromatic heterocycles. The number of aromatic nitrogens is 1. The predicted molar refractivity (Wildman–Crippen MR) is 126 cm³/mol. The molecule has 0 unspecified atom stereocenters. The number of alkyl halides is 1. The third kappa shape index (κ3) is 2.70. The van der Waals surface area contributed by atoms with Gasteiger partial charge in [-0.3, -0.25) is 0 Å². The van der Waals surface area contributed by atoms with Gasteiger partial charge in [-0.2, -0.15) is 0 Å². The van der Waals surface area contributed by atoms with E-state index in [-0.39, 0.29) is 0 Å². The summed E-state index contributed by atoms with van der Waals surface area (Å²) in [6, 6.07) is 2.15. The van der Waals surface area contributed by atoms with Crippen LogP contribution in [-0.4, -0.2) is 18.4 Å². The van der Waals surface area contributed by atoms with Crippen LogP contribution in [0.15, 0.2) is 10.6 Å². The van der Waals surface area contributed by atoms with Crippen LogP contribution in [0.1, 0.15) is 83.6 Å². The van der Waals surface area contributed by atoms with Crippen molar-refractivity contribution in [1.29, 1.82) is 0 Å². The number of hydrogen-bond donors (Lipinski definition) is 0. The predicted octanol–water partition coefficient (Wildman–Crippen LogP) is 7.03. The van der Waals surface area contributed by atoms with Gasteiger partial charge in [-0.1, -0.05) is 41.9 Å². The molecule has 1 spiro atoms. The molecule has 172 valence electrons. The van der Waals surface area contributed by atoms with Gasteiger partial charge in [0.05, 0.1) is 17.1 Å². The quantitative estimate of drug-likeness (QED) is 0.416. The fourth-order valence-electron chi connectivity index (χ4n) is 10.5. The van der Waals surface area contributed by atoms with E-state index in [0.717, 1.165) is 52.8 Å². The molecule has 5 aliphatic rings. The van der Waals surface area contributed by atoms with Crippen LogP contribution >= 0.6 is 15.9 Å². The van der Waals surface area contributed by atoms with Gasteiger partial charge in [-0.15, -0.1) is 0 Å². The van der Waals surface area contributed by atoms with Crippen LogP contribution in [0.4, 0.5) is 0 Å². The third-order valence-electron chi connectivity index (χ3n) is 11.9. The van der Waals surface area contributed by atoms with E-state index in [1.807, 2.05) is 7.11 Å². The maximum Gasteiger partial charge on any atom is 0.147 e. The molecule has 0 bridgehead atoms. The van der Waals surface area contributed by atoms with Crippen LogP contribution in [0.5, 0.6) is 0 Å². The molecule has 6 rings (SSSR count). The topological polar surface area (TPSA) is 35.3 Å². The minimum absolute atomic E-state index is 0.489. The number of rotatable bonds is 5. The highest BCUT2D eigenvalue weighted by molar-refractivity contribution is 9.08. The lowest BCUT2D eigenvalue weighted by molar-refractivity contribution is -0.161. The van der Waals surface area contributed by atoms with Gasteiger partial charge >= 0.3 is 0 Å². The zero-order chi connectivity index (χ0) is 21.6. The summed E-state index contributed by atoms with van der Waals surface area (Å²) in [4.78, 5) is 0. The Morgan fingerprint density at radius 3 is 2.74 bits per heavy atom. The first-order valence-corrected chi connectivity index (χ1v) is 14.0. The highest BCUT2D eigenvalue weighted by atomic mass is 79.9. The third-order valence-corrected chi connectivity index (χ3v) is 12.4. The number of fused-ring (bicyclic) bond motifs is 4. The van der Waals surface area contributed by atoms with E-state index in [9.17, 15) is 0 Å². The summed E-state index contributed by atoms with van der Waals surface area (Å²) in [5, 5.41) is 5.10. The summed E-state index contributed by atoms with van der Waals surface area (Å²) < 4.78 is 11.7. The first-order chi connectivity index (χ1) is 14.9. The molecule has 0 radical (unpaired) electrons. The van der Waals surface area contributed by atoms with Crippen molar-refractivity contribution in [1.82, 2.24) is 5.16 Å². The summed E-state index contributed by atoms with van der Waals surface area (Å²) in [5.41, 5.74) is 2.71. The van der Waals surface area contributed by atoms with Gasteiger partial charge in [0.2, 0.25) is 0 Å². The number of hydrogen-bond acceptors (Lipinski definition) is 3. The van der Waals surface area contributed by atoms with Crippen LogP contribution in [0.3, 0.4) is 0 Å². The summed E-state index contributed by atoms with van der Waals surface area (Å²) in [5.74, 6) is 6.10. The van der Waals surface area contributed by atoms with E-state index < -0.39 is 0 Å². The zero-order valence-corrected chi connectivity index (χ0v) is 21.4. The molecule has 0 saturated heterocycles. The Morgan fingerprint density at radius 2 is 2.03 bits per heavy atom. The molecule has 4 heteroatoms. The maximum absolute atomic E-state index is 6.29. The second kappa shape index (κ2) is 7.08. The molecule has 0 aromatic carbocycles. The highest BCUT2D eigenvalue weighted by Gasteiger charge is 2.77. The summed E-state index contributed by atoms with van der Waals surface area (Å²) in [7, 11) is 2.01. The van der Waals surface area contributed by atoms with E-state index in [1.165, 1.54) is 51.4 Å². The van der Waals surface area contributed by atoms with E-state index in [0.29, 0.717) is 28.3 Å². The van der Waals surface area contributed by atoms with Crippen molar-refractivity contribution in [3.05, 3.63) is 17.5 Å². The minimum atomic E-state index is 0.489. The standard InChI is InChI=1S/C27H40BrNO2/c1-16(11-18-12-19(15-28)31-29-18)21-5-6-22-20-13-24(30-4)27-14-17(27)7-10-26(27,3)23(20)8-9-25(21,22)2/h12,16-17,20-24H,5-11,13-15H2,1-4H3/t16-,17-,20+,21-,22+,23+,24-,25-,26-,27+/m1/s1. The number of ether oxygens (including phenoxy) is 1. The normalized spacial score (nSPS) is 51.0. The van der Waals surface area contributed by atoms with Crippen LogP contribution in [0.25, 0.3) is 0 Å². The Balaban J connectivity index is 1.25. The Kier molecular flexibility index (Phi) is 4.84. The summed E-state index contributed by atoms with van der Waals surface area (Å²) in [6.45, 7) is 7.83. The SMILES string of the molecule is CO[C@@H]1C[C@H]2[C@@H]3CC[C@H]([C@H](C)Cc4cc(CBr)on4)[C@@]3(C)CC[C@@H]2[C@@]2(C)CC[C@@H]3C[C@]312.